The van der Waals surface area contributed by atoms with E-state index in [1.165, 1.54) is 6.20 Å². The number of nitrogens with zero attached hydrogens (tertiary/aromatic N) is 2. The summed E-state index contributed by atoms with van der Waals surface area (Å²) in [5, 5.41) is 3.76. The summed E-state index contributed by atoms with van der Waals surface area (Å²) in [6.45, 7) is 4.73. The van der Waals surface area contributed by atoms with Crippen LogP contribution in [-0.4, -0.2) is 28.9 Å². The fourth-order valence-electron chi connectivity index (χ4n) is 2.98. The van der Waals surface area contributed by atoms with E-state index in [-0.39, 0.29) is 11.7 Å². The Morgan fingerprint density at radius 3 is 2.57 bits per heavy atom. The first-order valence-corrected chi connectivity index (χ1v) is 9.03. The molecule has 1 aromatic heterocycles. The average molecular weight is 408 g/mol. The van der Waals surface area contributed by atoms with Crippen LogP contribution in [0.25, 0.3) is 10.8 Å². The van der Waals surface area contributed by atoms with Crippen LogP contribution in [0.15, 0.2) is 36.5 Å². The van der Waals surface area contributed by atoms with Crippen LogP contribution in [0.5, 0.6) is 0 Å². The van der Waals surface area contributed by atoms with Crippen LogP contribution in [0.3, 0.4) is 0 Å². The monoisotopic (exact) mass is 407 g/mol. The number of aromatic nitrogens is 1. The molecule has 0 unspecified atom stereocenters. The fourth-order valence-corrected chi connectivity index (χ4v) is 3.25. The Kier molecular flexibility index (Phi) is 5.74. The maximum absolute atomic E-state index is 14.0. The molecule has 0 atom stereocenters. The summed E-state index contributed by atoms with van der Waals surface area (Å²) < 4.78 is 41.0. The van der Waals surface area contributed by atoms with E-state index >= 15 is 0 Å². The second-order valence-corrected chi connectivity index (χ2v) is 6.44. The Morgan fingerprint density at radius 1 is 1.18 bits per heavy atom. The topological polar surface area (TPSA) is 45.2 Å². The molecule has 0 aliphatic rings. The minimum atomic E-state index is -1.32. The van der Waals surface area contributed by atoms with E-state index < -0.39 is 23.1 Å². The first-order valence-electron chi connectivity index (χ1n) is 8.65. The average Bonchev–Trinajstić information content (AvgIpc) is 2.67. The highest BCUT2D eigenvalue weighted by atomic mass is 35.5. The lowest BCUT2D eigenvalue weighted by molar-refractivity contribution is 0.0774. The van der Waals surface area contributed by atoms with Crippen molar-refractivity contribution in [3.63, 3.8) is 0 Å². The highest BCUT2D eigenvalue weighted by Crippen LogP contribution is 2.33. The van der Waals surface area contributed by atoms with Crippen molar-refractivity contribution in [2.24, 2.45) is 0 Å². The summed E-state index contributed by atoms with van der Waals surface area (Å²) in [5.41, 5.74) is -0.116. The highest BCUT2D eigenvalue weighted by Gasteiger charge is 2.20. The van der Waals surface area contributed by atoms with Gasteiger partial charge in [0, 0.05) is 47.2 Å². The largest absolute Gasteiger partial charge is 0.339 e. The zero-order valence-corrected chi connectivity index (χ0v) is 15.9. The number of hydrogen-bond acceptors (Lipinski definition) is 3. The zero-order chi connectivity index (χ0) is 20.4. The van der Waals surface area contributed by atoms with E-state index in [1.54, 1.807) is 23.1 Å². The Bertz CT molecular complexity index is 1050. The van der Waals surface area contributed by atoms with Crippen molar-refractivity contribution < 1.29 is 18.0 Å². The normalized spacial score (nSPS) is 10.9. The van der Waals surface area contributed by atoms with Crippen molar-refractivity contribution >= 4 is 39.8 Å². The standard InChI is InChI=1S/C20H17ClF3N3O/c1-3-27(4-2)20(28)13-10-25-19(12-6-5-7-14(21)17(12)13)26-16-9-11(22)8-15(23)18(16)24/h5-10H,3-4H2,1-2H3,(H,25,26). The van der Waals surface area contributed by atoms with Gasteiger partial charge >= 0.3 is 0 Å². The number of carbonyl (C=O) groups is 1. The third kappa shape index (κ3) is 3.62. The summed E-state index contributed by atoms with van der Waals surface area (Å²) in [7, 11) is 0. The van der Waals surface area contributed by atoms with E-state index in [9.17, 15) is 18.0 Å². The molecule has 1 N–H and O–H groups in total. The minimum absolute atomic E-state index is 0.123. The van der Waals surface area contributed by atoms with Crippen molar-refractivity contribution in [1.82, 2.24) is 9.88 Å². The molecule has 146 valence electrons. The van der Waals surface area contributed by atoms with Crippen molar-refractivity contribution in [2.45, 2.75) is 13.8 Å². The predicted octanol–water partition coefficient (Wildman–Crippen LogP) is 5.53. The Hall–Kier alpha value is -2.80. The van der Waals surface area contributed by atoms with E-state index in [4.69, 9.17) is 11.6 Å². The molecule has 0 saturated carbocycles. The molecule has 0 spiro atoms. The van der Waals surface area contributed by atoms with Gasteiger partial charge in [0.25, 0.3) is 5.91 Å². The van der Waals surface area contributed by atoms with Crippen molar-refractivity contribution in [2.75, 3.05) is 18.4 Å². The summed E-state index contributed by atoms with van der Waals surface area (Å²) in [4.78, 5) is 18.6. The zero-order valence-electron chi connectivity index (χ0n) is 15.2. The van der Waals surface area contributed by atoms with Crippen LogP contribution < -0.4 is 5.32 Å². The third-order valence-electron chi connectivity index (χ3n) is 4.39. The first-order chi connectivity index (χ1) is 13.4. The lowest BCUT2D eigenvalue weighted by atomic mass is 10.1. The molecule has 3 rings (SSSR count). The van der Waals surface area contributed by atoms with Crippen LogP contribution in [-0.2, 0) is 0 Å². The number of pyridine rings is 1. The third-order valence-corrected chi connectivity index (χ3v) is 4.70. The lowest BCUT2D eigenvalue weighted by Gasteiger charge is -2.20. The number of halogens is 4. The molecule has 0 aliphatic carbocycles. The number of rotatable bonds is 5. The minimum Gasteiger partial charge on any atom is -0.339 e. The number of benzene rings is 2. The molecular weight excluding hydrogens is 391 g/mol. The van der Waals surface area contributed by atoms with E-state index in [0.717, 1.165) is 6.07 Å². The number of anilines is 2. The number of hydrogen-bond donors (Lipinski definition) is 1. The number of nitrogens with one attached hydrogen (secondary N) is 1. The van der Waals surface area contributed by atoms with Gasteiger partial charge in [-0.3, -0.25) is 4.79 Å². The van der Waals surface area contributed by atoms with Gasteiger partial charge in [-0.2, -0.15) is 0 Å². The maximum atomic E-state index is 14.0. The number of amides is 1. The summed E-state index contributed by atoms with van der Waals surface area (Å²) in [6.07, 6.45) is 1.32. The maximum Gasteiger partial charge on any atom is 0.256 e. The van der Waals surface area contributed by atoms with Gasteiger partial charge in [-0.1, -0.05) is 23.7 Å². The second-order valence-electron chi connectivity index (χ2n) is 6.03. The van der Waals surface area contributed by atoms with Gasteiger partial charge in [0.1, 0.15) is 11.6 Å². The SMILES string of the molecule is CCN(CC)C(=O)c1cnc(Nc2cc(F)cc(F)c2F)c2cccc(Cl)c12. The highest BCUT2D eigenvalue weighted by molar-refractivity contribution is 6.37. The van der Waals surface area contributed by atoms with Crippen molar-refractivity contribution in [3.05, 3.63) is 64.6 Å². The van der Waals surface area contributed by atoms with Crippen LogP contribution in [0.2, 0.25) is 5.02 Å². The molecule has 0 saturated heterocycles. The van der Waals surface area contributed by atoms with Crippen LogP contribution in [0.1, 0.15) is 24.2 Å². The molecular formula is C20H17ClF3N3O. The van der Waals surface area contributed by atoms with Gasteiger partial charge in [0.05, 0.1) is 11.3 Å². The molecule has 8 heteroatoms. The molecule has 0 bridgehead atoms. The number of carbonyl (C=O) groups excluding carboxylic acids is 1. The molecule has 2 aromatic carbocycles. The number of fused-ring (bicyclic) bond motifs is 1. The molecule has 0 aliphatic heterocycles. The smallest absolute Gasteiger partial charge is 0.256 e. The molecule has 3 aromatic rings. The Labute approximate surface area is 164 Å². The van der Waals surface area contributed by atoms with Crippen LogP contribution in [0.4, 0.5) is 24.7 Å². The quantitative estimate of drug-likeness (QED) is 0.565. The van der Waals surface area contributed by atoms with Gasteiger partial charge in [-0.15, -0.1) is 0 Å². The molecule has 28 heavy (non-hydrogen) atoms. The Balaban J connectivity index is 2.16. The fraction of sp³-hybridized carbons (Fsp3) is 0.200. The Morgan fingerprint density at radius 2 is 1.89 bits per heavy atom. The second kappa shape index (κ2) is 8.06. The van der Waals surface area contributed by atoms with Crippen molar-refractivity contribution in [1.29, 1.82) is 0 Å². The first kappa shape index (κ1) is 19.9. The van der Waals surface area contributed by atoms with Crippen LogP contribution >= 0.6 is 11.6 Å². The van der Waals surface area contributed by atoms with Crippen molar-refractivity contribution in [3.8, 4) is 0 Å². The van der Waals surface area contributed by atoms with Crippen LogP contribution in [0, 0.1) is 17.5 Å². The summed E-state index contributed by atoms with van der Waals surface area (Å²) in [6, 6.07) is 6.18. The van der Waals surface area contributed by atoms with E-state index in [0.29, 0.717) is 40.5 Å². The molecule has 4 nitrogen and oxygen atoms in total. The lowest BCUT2D eigenvalue weighted by Crippen LogP contribution is -2.30. The van der Waals surface area contributed by atoms with E-state index in [2.05, 4.69) is 10.3 Å². The van der Waals surface area contributed by atoms with Gasteiger partial charge in [-0.05, 0) is 19.9 Å². The summed E-state index contributed by atoms with van der Waals surface area (Å²) in [5.74, 6) is -3.61. The molecule has 1 heterocycles. The summed E-state index contributed by atoms with van der Waals surface area (Å²) >= 11 is 6.33. The van der Waals surface area contributed by atoms with E-state index in [1.807, 2.05) is 13.8 Å². The van der Waals surface area contributed by atoms with Gasteiger partial charge in [0.15, 0.2) is 11.6 Å². The van der Waals surface area contributed by atoms with Gasteiger partial charge in [-0.25, -0.2) is 18.2 Å². The van der Waals surface area contributed by atoms with Gasteiger partial charge in [0.2, 0.25) is 0 Å². The molecule has 1 amide bonds. The van der Waals surface area contributed by atoms with Gasteiger partial charge < -0.3 is 10.2 Å². The predicted molar refractivity (Wildman–Crippen MR) is 104 cm³/mol. The molecule has 0 fully saturated rings. The molecule has 0 radical (unpaired) electrons.